The molecule has 19 heavy (non-hydrogen) atoms. The molecule has 1 aliphatic rings. The minimum Gasteiger partial charge on any atom is -0.486 e. The molecule has 1 aromatic carbocycles. The van der Waals surface area contributed by atoms with Crippen molar-refractivity contribution in [3.05, 3.63) is 40.2 Å². The molecule has 0 saturated carbocycles. The molecule has 100 valence electrons. The van der Waals surface area contributed by atoms with Crippen molar-refractivity contribution in [3.63, 3.8) is 0 Å². The van der Waals surface area contributed by atoms with Crippen LogP contribution < -0.4 is 10.3 Å². The summed E-state index contributed by atoms with van der Waals surface area (Å²) in [7, 11) is 0. The molecule has 3 rings (SSSR count). The fraction of sp³-hybridized carbons (Fsp3) is 0.400. The van der Waals surface area contributed by atoms with Crippen LogP contribution in [0.3, 0.4) is 0 Å². The summed E-state index contributed by atoms with van der Waals surface area (Å²) in [4.78, 5) is 12.5. The zero-order chi connectivity index (χ0) is 13.6. The summed E-state index contributed by atoms with van der Waals surface area (Å²) in [6.45, 7) is 5.46. The Morgan fingerprint density at radius 1 is 1.42 bits per heavy atom. The van der Waals surface area contributed by atoms with Crippen LogP contribution in [0, 0.1) is 0 Å². The highest BCUT2D eigenvalue weighted by atomic mass is 127. The molecule has 0 amide bonds. The Labute approximate surface area is 125 Å². The van der Waals surface area contributed by atoms with E-state index in [1.54, 1.807) is 4.57 Å². The fourth-order valence-electron chi connectivity index (χ4n) is 2.80. The third-order valence-corrected chi connectivity index (χ3v) is 5.31. The van der Waals surface area contributed by atoms with Crippen LogP contribution in [-0.4, -0.2) is 15.1 Å². The predicted octanol–water partition coefficient (Wildman–Crippen LogP) is 3.32. The molecular weight excluding hydrogens is 353 g/mol. The van der Waals surface area contributed by atoms with Gasteiger partial charge in [-0.2, -0.15) is 0 Å². The fourth-order valence-corrected chi connectivity index (χ4v) is 3.34. The summed E-state index contributed by atoms with van der Waals surface area (Å²) in [6.07, 6.45) is 0. The molecule has 0 spiro atoms. The van der Waals surface area contributed by atoms with Gasteiger partial charge in [0.1, 0.15) is 6.61 Å². The molecule has 2 aromatic rings. The van der Waals surface area contributed by atoms with E-state index in [1.165, 1.54) is 0 Å². The lowest BCUT2D eigenvalue weighted by Gasteiger charge is -2.29. The van der Waals surface area contributed by atoms with Crippen LogP contribution in [0.2, 0.25) is 0 Å². The van der Waals surface area contributed by atoms with E-state index in [2.05, 4.69) is 35.6 Å². The number of alkyl halides is 1. The number of halogens is 1. The summed E-state index contributed by atoms with van der Waals surface area (Å²) >= 11 is 2.41. The predicted molar refractivity (Wildman–Crippen MR) is 85.6 cm³/mol. The Balaban J connectivity index is 2.46. The Morgan fingerprint density at radius 3 is 2.89 bits per heavy atom. The number of ether oxygens (including phenoxy) is 1. The minimum atomic E-state index is 0.00588. The molecule has 2 heterocycles. The number of aryl methyl sites for hydroxylation is 1. The maximum Gasteiger partial charge on any atom is 0.293 e. The van der Waals surface area contributed by atoms with Crippen LogP contribution >= 0.6 is 22.6 Å². The standard InChI is InChI=1S/C15H16INO2/c1-3-17-12-7-5-4-6-10(12)13-9(2)11(16)8-19-14(13)15(17)18/h4-7,9,11H,3,8H2,1-2H3. The number of para-hydroxylation sites is 1. The number of hydrogen-bond donors (Lipinski definition) is 0. The normalized spacial score (nSPS) is 22.1. The van der Waals surface area contributed by atoms with E-state index in [0.717, 1.165) is 16.5 Å². The van der Waals surface area contributed by atoms with Gasteiger partial charge in [0.25, 0.3) is 5.56 Å². The molecule has 0 bridgehead atoms. The van der Waals surface area contributed by atoms with E-state index >= 15 is 0 Å². The van der Waals surface area contributed by atoms with Crippen molar-refractivity contribution in [3.8, 4) is 5.75 Å². The number of aromatic nitrogens is 1. The average molecular weight is 369 g/mol. The van der Waals surface area contributed by atoms with Gasteiger partial charge >= 0.3 is 0 Å². The zero-order valence-electron chi connectivity index (χ0n) is 11.0. The second-order valence-corrected chi connectivity index (χ2v) is 6.52. The van der Waals surface area contributed by atoms with E-state index < -0.39 is 0 Å². The Morgan fingerprint density at radius 2 is 2.16 bits per heavy atom. The summed E-state index contributed by atoms with van der Waals surface area (Å²) in [6, 6.07) is 8.12. The first-order chi connectivity index (χ1) is 9.15. The van der Waals surface area contributed by atoms with Crippen LogP contribution in [0.5, 0.6) is 5.75 Å². The van der Waals surface area contributed by atoms with E-state index in [4.69, 9.17) is 4.74 Å². The summed E-state index contributed by atoms with van der Waals surface area (Å²) in [5, 5.41) is 1.15. The molecule has 0 aliphatic carbocycles. The molecular formula is C15H16INO2. The lowest BCUT2D eigenvalue weighted by Crippen LogP contribution is -2.32. The van der Waals surface area contributed by atoms with E-state index in [9.17, 15) is 4.79 Å². The van der Waals surface area contributed by atoms with Gasteiger partial charge in [0.2, 0.25) is 0 Å². The zero-order valence-corrected chi connectivity index (χ0v) is 13.2. The number of benzene rings is 1. The second kappa shape index (κ2) is 4.81. The summed E-state index contributed by atoms with van der Waals surface area (Å²) in [5.41, 5.74) is 2.09. The second-order valence-electron chi connectivity index (χ2n) is 4.93. The molecule has 0 fully saturated rings. The van der Waals surface area contributed by atoms with Crippen LogP contribution in [0.25, 0.3) is 10.9 Å². The maximum absolute atomic E-state index is 12.5. The molecule has 2 unspecified atom stereocenters. The maximum atomic E-state index is 12.5. The van der Waals surface area contributed by atoms with Gasteiger partial charge in [0.15, 0.2) is 5.75 Å². The molecule has 4 heteroatoms. The van der Waals surface area contributed by atoms with Gasteiger partial charge in [-0.3, -0.25) is 4.79 Å². The largest absolute Gasteiger partial charge is 0.486 e. The lowest BCUT2D eigenvalue weighted by atomic mass is 9.92. The molecule has 1 aliphatic heterocycles. The SMILES string of the molecule is CCn1c(=O)c2c(c3ccccc31)C(C)C(I)CO2. The van der Waals surface area contributed by atoms with E-state index in [0.29, 0.717) is 28.7 Å². The quantitative estimate of drug-likeness (QED) is 0.571. The molecule has 1 aromatic heterocycles. The monoisotopic (exact) mass is 369 g/mol. The van der Waals surface area contributed by atoms with Gasteiger partial charge in [-0.05, 0) is 13.0 Å². The Kier molecular flexibility index (Phi) is 3.28. The van der Waals surface area contributed by atoms with Gasteiger partial charge in [-0.25, -0.2) is 0 Å². The highest BCUT2D eigenvalue weighted by Crippen LogP contribution is 2.39. The van der Waals surface area contributed by atoms with Gasteiger partial charge in [-0.1, -0.05) is 47.7 Å². The van der Waals surface area contributed by atoms with Gasteiger partial charge in [-0.15, -0.1) is 0 Å². The molecule has 2 atom stereocenters. The van der Waals surface area contributed by atoms with Gasteiger partial charge < -0.3 is 9.30 Å². The summed E-state index contributed by atoms with van der Waals surface area (Å²) < 4.78 is 7.95. The van der Waals surface area contributed by atoms with Gasteiger partial charge in [0.05, 0.1) is 9.44 Å². The van der Waals surface area contributed by atoms with Crippen LogP contribution in [0.4, 0.5) is 0 Å². The number of nitrogens with zero attached hydrogens (tertiary/aromatic N) is 1. The van der Waals surface area contributed by atoms with Crippen LogP contribution in [0.15, 0.2) is 29.1 Å². The van der Waals surface area contributed by atoms with Crippen molar-refractivity contribution in [1.82, 2.24) is 4.57 Å². The van der Waals surface area contributed by atoms with E-state index in [1.807, 2.05) is 25.1 Å². The molecule has 0 radical (unpaired) electrons. The lowest BCUT2D eigenvalue weighted by molar-refractivity contribution is 0.280. The van der Waals surface area contributed by atoms with E-state index in [-0.39, 0.29) is 5.56 Å². The molecule has 3 nitrogen and oxygen atoms in total. The van der Waals surface area contributed by atoms with Crippen molar-refractivity contribution in [2.45, 2.75) is 30.2 Å². The van der Waals surface area contributed by atoms with Crippen LogP contribution in [0.1, 0.15) is 25.3 Å². The van der Waals surface area contributed by atoms with Crippen molar-refractivity contribution < 1.29 is 4.74 Å². The number of fused-ring (bicyclic) bond motifs is 3. The van der Waals surface area contributed by atoms with Crippen molar-refractivity contribution in [2.24, 2.45) is 0 Å². The third kappa shape index (κ3) is 1.88. The minimum absolute atomic E-state index is 0.00588. The smallest absolute Gasteiger partial charge is 0.293 e. The summed E-state index contributed by atoms with van der Waals surface area (Å²) in [5.74, 6) is 0.898. The first-order valence-corrected chi connectivity index (χ1v) is 7.82. The number of hydrogen-bond acceptors (Lipinski definition) is 2. The molecule has 0 N–H and O–H groups in total. The highest BCUT2D eigenvalue weighted by Gasteiger charge is 2.30. The first kappa shape index (κ1) is 13.0. The van der Waals surface area contributed by atoms with Crippen molar-refractivity contribution in [2.75, 3.05) is 6.61 Å². The third-order valence-electron chi connectivity index (χ3n) is 3.87. The number of rotatable bonds is 1. The van der Waals surface area contributed by atoms with Crippen molar-refractivity contribution >= 4 is 33.5 Å². The Bertz CT molecular complexity index is 692. The van der Waals surface area contributed by atoms with Crippen molar-refractivity contribution in [1.29, 1.82) is 0 Å². The van der Waals surface area contributed by atoms with Crippen LogP contribution in [-0.2, 0) is 6.54 Å². The topological polar surface area (TPSA) is 31.2 Å². The highest BCUT2D eigenvalue weighted by molar-refractivity contribution is 14.1. The number of pyridine rings is 1. The average Bonchev–Trinajstić information content (AvgIpc) is 2.43. The molecule has 0 saturated heterocycles. The van der Waals surface area contributed by atoms with Gasteiger partial charge in [0, 0.05) is 23.4 Å². The Hall–Kier alpha value is -1.04. The first-order valence-electron chi connectivity index (χ1n) is 6.57.